The zero-order valence-corrected chi connectivity index (χ0v) is 20.8. The van der Waals surface area contributed by atoms with E-state index in [1.54, 1.807) is 30.3 Å². The normalized spacial score (nSPS) is 11.8. The lowest BCUT2D eigenvalue weighted by Gasteiger charge is -2.22. The quantitative estimate of drug-likeness (QED) is 0.296. The lowest BCUT2D eigenvalue weighted by molar-refractivity contribution is -0.121. The molecule has 0 aromatic heterocycles. The van der Waals surface area contributed by atoms with Crippen molar-refractivity contribution >= 4 is 61.3 Å². The molecule has 3 aromatic carbocycles. The van der Waals surface area contributed by atoms with Gasteiger partial charge < -0.3 is 0 Å². The summed E-state index contributed by atoms with van der Waals surface area (Å²) in [5.74, 6) is -1.13. The van der Waals surface area contributed by atoms with Gasteiger partial charge in [0.2, 0.25) is 10.0 Å². The molecule has 0 spiro atoms. The number of carbonyl (C=O) groups is 1. The summed E-state index contributed by atoms with van der Waals surface area (Å²) in [6, 6.07) is 16.3. The maximum absolute atomic E-state index is 13.3. The summed E-state index contributed by atoms with van der Waals surface area (Å²) in [4.78, 5) is 12.5. The van der Waals surface area contributed by atoms with Crippen molar-refractivity contribution in [3.8, 4) is 0 Å². The van der Waals surface area contributed by atoms with E-state index in [-0.39, 0.29) is 16.5 Å². The molecule has 3 aromatic rings. The largest absolute Gasteiger partial charge is 0.272 e. The van der Waals surface area contributed by atoms with Gasteiger partial charge in [0.1, 0.15) is 5.82 Å². The topological polar surface area (TPSA) is 78.8 Å². The molecule has 0 aliphatic heterocycles. The predicted molar refractivity (Wildman–Crippen MR) is 130 cm³/mol. The van der Waals surface area contributed by atoms with Gasteiger partial charge in [0.05, 0.1) is 17.7 Å². The molecule has 1 N–H and O–H groups in total. The summed E-state index contributed by atoms with van der Waals surface area (Å²) >= 11 is 15.4. The summed E-state index contributed by atoms with van der Waals surface area (Å²) in [6.45, 7) is -0.701. The molecular weight excluding hydrogens is 556 g/mol. The molecule has 33 heavy (non-hydrogen) atoms. The summed E-state index contributed by atoms with van der Waals surface area (Å²) in [5.41, 5.74) is 3.17. The summed E-state index contributed by atoms with van der Waals surface area (Å²) in [6.07, 6.45) is 1.25. The highest BCUT2D eigenvalue weighted by Gasteiger charge is 2.27. The second-order valence-corrected chi connectivity index (χ2v) is 10.5. The molecule has 0 atom stereocenters. The Labute approximate surface area is 209 Å². The van der Waals surface area contributed by atoms with Gasteiger partial charge in [-0.2, -0.15) is 9.41 Å². The van der Waals surface area contributed by atoms with E-state index in [2.05, 4.69) is 26.5 Å². The monoisotopic (exact) mass is 571 g/mol. The molecule has 172 valence electrons. The van der Waals surface area contributed by atoms with Crippen molar-refractivity contribution in [2.24, 2.45) is 5.10 Å². The molecular formula is C22H17BrCl2FN3O3S. The highest BCUT2D eigenvalue weighted by molar-refractivity contribution is 9.10. The molecule has 0 heterocycles. The molecule has 0 aliphatic rings. The fraction of sp³-hybridized carbons (Fsp3) is 0.0909. The first-order chi connectivity index (χ1) is 15.6. The van der Waals surface area contributed by atoms with E-state index in [1.165, 1.54) is 42.6 Å². The summed E-state index contributed by atoms with van der Waals surface area (Å²) in [7, 11) is -4.06. The number of carbonyl (C=O) groups excluding carboxylic acids is 1. The number of nitrogens with zero attached hydrogens (tertiary/aromatic N) is 2. The third-order valence-electron chi connectivity index (χ3n) is 4.38. The Hall–Kier alpha value is -2.30. The molecule has 0 radical (unpaired) electrons. The highest BCUT2D eigenvalue weighted by atomic mass is 79.9. The zero-order chi connectivity index (χ0) is 24.0. The minimum Gasteiger partial charge on any atom is -0.272 e. The Kier molecular flexibility index (Phi) is 8.61. The smallest absolute Gasteiger partial charge is 0.255 e. The average Bonchev–Trinajstić information content (AvgIpc) is 2.75. The Morgan fingerprint density at radius 3 is 2.48 bits per heavy atom. The molecule has 3 rings (SSSR count). The number of sulfonamides is 1. The van der Waals surface area contributed by atoms with E-state index in [4.69, 9.17) is 23.2 Å². The highest BCUT2D eigenvalue weighted by Crippen LogP contribution is 2.25. The second kappa shape index (κ2) is 11.2. The Balaban J connectivity index is 1.82. The molecule has 1 amide bonds. The second-order valence-electron chi connectivity index (χ2n) is 6.81. The Bertz CT molecular complexity index is 1290. The SMILES string of the molecule is O=C(CN(Cc1ccc(Cl)cc1Cl)S(=O)(=O)c1ccc(Br)cc1)N/N=C/c1cccc(F)c1. The van der Waals surface area contributed by atoms with Crippen LogP contribution < -0.4 is 5.43 Å². The molecule has 0 unspecified atom stereocenters. The van der Waals surface area contributed by atoms with Gasteiger partial charge >= 0.3 is 0 Å². The van der Waals surface area contributed by atoms with Crippen LogP contribution in [0, 0.1) is 5.82 Å². The van der Waals surface area contributed by atoms with E-state index in [0.29, 0.717) is 20.6 Å². The van der Waals surface area contributed by atoms with Crippen LogP contribution in [0.15, 0.2) is 81.2 Å². The van der Waals surface area contributed by atoms with E-state index >= 15 is 0 Å². The number of benzene rings is 3. The van der Waals surface area contributed by atoms with Crippen molar-refractivity contribution in [2.45, 2.75) is 11.4 Å². The number of halogens is 4. The standard InChI is InChI=1S/C22H17BrCl2FN3O3S/c23-17-5-8-20(9-6-17)33(31,32)29(13-16-4-7-18(24)11-21(16)25)14-22(30)28-27-12-15-2-1-3-19(26)10-15/h1-12H,13-14H2,(H,28,30)/b27-12+. The number of rotatable bonds is 8. The van der Waals surface area contributed by atoms with Gasteiger partial charge in [-0.3, -0.25) is 4.79 Å². The lowest BCUT2D eigenvalue weighted by Crippen LogP contribution is -2.39. The van der Waals surface area contributed by atoms with Crippen molar-refractivity contribution in [3.05, 3.63) is 98.2 Å². The van der Waals surface area contributed by atoms with Crippen LogP contribution >= 0.6 is 39.1 Å². The third kappa shape index (κ3) is 7.09. The molecule has 11 heteroatoms. The average molecular weight is 573 g/mol. The Morgan fingerprint density at radius 1 is 1.09 bits per heavy atom. The van der Waals surface area contributed by atoms with E-state index in [9.17, 15) is 17.6 Å². The van der Waals surface area contributed by atoms with Gasteiger partial charge in [0.15, 0.2) is 0 Å². The van der Waals surface area contributed by atoms with Crippen LogP contribution in [-0.2, 0) is 21.4 Å². The number of amides is 1. The van der Waals surface area contributed by atoms with Gasteiger partial charge in [-0.25, -0.2) is 18.2 Å². The maximum atomic E-state index is 13.3. The van der Waals surface area contributed by atoms with Crippen molar-refractivity contribution in [3.63, 3.8) is 0 Å². The predicted octanol–water partition coefficient (Wildman–Crippen LogP) is 5.24. The first kappa shape index (κ1) is 25.3. The van der Waals surface area contributed by atoms with Crippen LogP contribution in [0.5, 0.6) is 0 Å². The minimum atomic E-state index is -4.06. The van der Waals surface area contributed by atoms with Crippen LogP contribution in [0.3, 0.4) is 0 Å². The summed E-state index contributed by atoms with van der Waals surface area (Å²) in [5, 5.41) is 4.44. The van der Waals surface area contributed by atoms with Crippen LogP contribution in [-0.4, -0.2) is 31.4 Å². The lowest BCUT2D eigenvalue weighted by atomic mass is 10.2. The van der Waals surface area contributed by atoms with Crippen LogP contribution in [0.25, 0.3) is 0 Å². The van der Waals surface area contributed by atoms with Gasteiger partial charge in [-0.1, -0.05) is 57.3 Å². The van der Waals surface area contributed by atoms with Gasteiger partial charge in [0.25, 0.3) is 5.91 Å². The fourth-order valence-electron chi connectivity index (χ4n) is 2.78. The third-order valence-corrected chi connectivity index (χ3v) is 7.31. The molecule has 0 saturated carbocycles. The van der Waals surface area contributed by atoms with Crippen molar-refractivity contribution in [1.82, 2.24) is 9.73 Å². The zero-order valence-electron chi connectivity index (χ0n) is 16.9. The van der Waals surface area contributed by atoms with Gasteiger partial charge in [0, 0.05) is 21.1 Å². The number of nitrogens with one attached hydrogen (secondary N) is 1. The molecule has 0 saturated heterocycles. The van der Waals surface area contributed by atoms with Gasteiger partial charge in [-0.05, 0) is 59.7 Å². The van der Waals surface area contributed by atoms with Crippen molar-refractivity contribution < 1.29 is 17.6 Å². The summed E-state index contributed by atoms with van der Waals surface area (Å²) < 4.78 is 41.5. The molecule has 0 fully saturated rings. The number of hydrogen-bond donors (Lipinski definition) is 1. The number of hydrazone groups is 1. The fourth-order valence-corrected chi connectivity index (χ4v) is 4.89. The van der Waals surface area contributed by atoms with Crippen LogP contribution in [0.4, 0.5) is 4.39 Å². The van der Waals surface area contributed by atoms with Gasteiger partial charge in [-0.15, -0.1) is 0 Å². The maximum Gasteiger partial charge on any atom is 0.255 e. The van der Waals surface area contributed by atoms with Crippen LogP contribution in [0.2, 0.25) is 10.0 Å². The minimum absolute atomic E-state index is 0.00634. The Morgan fingerprint density at radius 2 is 1.82 bits per heavy atom. The van der Waals surface area contributed by atoms with Crippen molar-refractivity contribution in [2.75, 3.05) is 6.54 Å². The first-order valence-electron chi connectivity index (χ1n) is 9.42. The molecule has 0 aliphatic carbocycles. The van der Waals surface area contributed by atoms with Crippen molar-refractivity contribution in [1.29, 1.82) is 0 Å². The van der Waals surface area contributed by atoms with E-state index < -0.39 is 28.3 Å². The van der Waals surface area contributed by atoms with E-state index in [1.807, 2.05) is 0 Å². The van der Waals surface area contributed by atoms with Crippen LogP contribution in [0.1, 0.15) is 11.1 Å². The molecule has 6 nitrogen and oxygen atoms in total. The van der Waals surface area contributed by atoms with E-state index in [0.717, 1.165) is 4.31 Å². The first-order valence-corrected chi connectivity index (χ1v) is 12.4. The molecule has 0 bridgehead atoms. The number of hydrogen-bond acceptors (Lipinski definition) is 4.